The SMILES string of the molecule is C1=CC(N(c2ccc(-c3ccccc3)c(-c3ccccc3)c2)c2cccc3c2c2cc4ccccc4cc2n3-c2ccc3ccccc3c2)CC=C1c1ccccc1. The molecule has 1 heterocycles. The summed E-state index contributed by atoms with van der Waals surface area (Å²) in [5, 5.41) is 7.43. The molecule has 10 aromatic rings. The Morgan fingerprint density at radius 2 is 1.07 bits per heavy atom. The second-order valence-corrected chi connectivity index (χ2v) is 15.3. The highest BCUT2D eigenvalue weighted by Crippen LogP contribution is 2.45. The van der Waals surface area contributed by atoms with Gasteiger partial charge in [0, 0.05) is 22.1 Å². The van der Waals surface area contributed by atoms with E-state index in [4.69, 9.17) is 0 Å². The van der Waals surface area contributed by atoms with Gasteiger partial charge in [0.2, 0.25) is 0 Å². The molecule has 1 unspecified atom stereocenters. The first-order valence-corrected chi connectivity index (χ1v) is 20.2. The Balaban J connectivity index is 1.18. The molecule has 274 valence electrons. The minimum Gasteiger partial charge on any atom is -0.334 e. The number of hydrogen-bond donors (Lipinski definition) is 0. The number of nitrogens with zero attached hydrogens (tertiary/aromatic N) is 2. The highest BCUT2D eigenvalue weighted by atomic mass is 15.2. The van der Waals surface area contributed by atoms with Crippen molar-refractivity contribution in [3.63, 3.8) is 0 Å². The molecule has 58 heavy (non-hydrogen) atoms. The first kappa shape index (κ1) is 33.9. The fraction of sp³-hybridized carbons (Fsp3) is 0.0357. The lowest BCUT2D eigenvalue weighted by molar-refractivity contribution is 0.789. The lowest BCUT2D eigenvalue weighted by Gasteiger charge is -2.34. The molecule has 0 radical (unpaired) electrons. The van der Waals surface area contributed by atoms with Crippen molar-refractivity contribution in [2.45, 2.75) is 12.5 Å². The van der Waals surface area contributed by atoms with Gasteiger partial charge in [-0.15, -0.1) is 0 Å². The summed E-state index contributed by atoms with van der Waals surface area (Å²) in [6, 6.07) is 75.4. The van der Waals surface area contributed by atoms with Gasteiger partial charge >= 0.3 is 0 Å². The molecule has 0 saturated carbocycles. The van der Waals surface area contributed by atoms with Crippen molar-refractivity contribution in [1.82, 2.24) is 4.57 Å². The van der Waals surface area contributed by atoms with Crippen molar-refractivity contribution in [3.05, 3.63) is 230 Å². The third-order valence-electron chi connectivity index (χ3n) is 11.9. The Hall–Kier alpha value is -7.42. The highest BCUT2D eigenvalue weighted by Gasteiger charge is 2.26. The van der Waals surface area contributed by atoms with Gasteiger partial charge in [0.1, 0.15) is 0 Å². The minimum atomic E-state index is 0.0730. The van der Waals surface area contributed by atoms with Crippen molar-refractivity contribution in [2.24, 2.45) is 0 Å². The molecule has 11 rings (SSSR count). The summed E-state index contributed by atoms with van der Waals surface area (Å²) in [5.41, 5.74) is 13.2. The quantitative estimate of drug-likeness (QED) is 0.158. The molecule has 0 bridgehead atoms. The molecule has 9 aromatic carbocycles. The lowest BCUT2D eigenvalue weighted by Crippen LogP contribution is -2.30. The summed E-state index contributed by atoms with van der Waals surface area (Å²) < 4.78 is 2.48. The summed E-state index contributed by atoms with van der Waals surface area (Å²) in [6.45, 7) is 0. The van der Waals surface area contributed by atoms with Gasteiger partial charge in [-0.3, -0.25) is 0 Å². The maximum absolute atomic E-state index is 2.59. The maximum Gasteiger partial charge on any atom is 0.0562 e. The first-order chi connectivity index (χ1) is 28.8. The van der Waals surface area contributed by atoms with Gasteiger partial charge in [0.05, 0.1) is 22.8 Å². The maximum atomic E-state index is 2.59. The van der Waals surface area contributed by atoms with Crippen molar-refractivity contribution in [2.75, 3.05) is 4.90 Å². The van der Waals surface area contributed by atoms with E-state index < -0.39 is 0 Å². The van der Waals surface area contributed by atoms with Crippen molar-refractivity contribution < 1.29 is 0 Å². The number of fused-ring (bicyclic) bond motifs is 5. The molecule has 0 N–H and O–H groups in total. The fourth-order valence-corrected chi connectivity index (χ4v) is 9.09. The van der Waals surface area contributed by atoms with E-state index in [1.54, 1.807) is 0 Å². The van der Waals surface area contributed by atoms with E-state index in [2.05, 4.69) is 234 Å². The van der Waals surface area contributed by atoms with E-state index >= 15 is 0 Å². The van der Waals surface area contributed by atoms with Crippen LogP contribution in [0.5, 0.6) is 0 Å². The van der Waals surface area contributed by atoms with Crippen LogP contribution < -0.4 is 4.90 Å². The minimum absolute atomic E-state index is 0.0730. The first-order valence-electron chi connectivity index (χ1n) is 20.2. The van der Waals surface area contributed by atoms with Crippen LogP contribution in [0.4, 0.5) is 11.4 Å². The largest absolute Gasteiger partial charge is 0.334 e. The fourth-order valence-electron chi connectivity index (χ4n) is 9.09. The van der Waals surface area contributed by atoms with E-state index in [0.29, 0.717) is 0 Å². The normalized spacial score (nSPS) is 14.0. The Kier molecular flexibility index (Phi) is 8.33. The van der Waals surface area contributed by atoms with Crippen molar-refractivity contribution >= 4 is 60.3 Å². The molecule has 1 aliphatic carbocycles. The Morgan fingerprint density at radius 1 is 0.448 bits per heavy atom. The zero-order chi connectivity index (χ0) is 38.4. The number of hydrogen-bond acceptors (Lipinski definition) is 1. The summed E-state index contributed by atoms with van der Waals surface area (Å²) >= 11 is 0. The predicted molar refractivity (Wildman–Crippen MR) is 247 cm³/mol. The van der Waals surface area contributed by atoms with Gasteiger partial charge < -0.3 is 9.47 Å². The van der Waals surface area contributed by atoms with Crippen molar-refractivity contribution in [3.8, 4) is 27.9 Å². The number of anilines is 2. The number of benzene rings is 9. The molecule has 0 fully saturated rings. The van der Waals surface area contributed by atoms with Gasteiger partial charge in [-0.25, -0.2) is 0 Å². The smallest absolute Gasteiger partial charge is 0.0562 e. The van der Waals surface area contributed by atoms with E-state index in [1.807, 2.05) is 0 Å². The molecule has 0 saturated heterocycles. The molecule has 2 heteroatoms. The number of rotatable bonds is 7. The Bertz CT molecular complexity index is 3190. The van der Waals surface area contributed by atoms with Crippen molar-refractivity contribution in [1.29, 1.82) is 0 Å². The highest BCUT2D eigenvalue weighted by molar-refractivity contribution is 6.19. The molecule has 1 aliphatic rings. The standard InChI is InChI=1S/C56H40N2/c1-4-15-39(16-5-1)41-27-30-47(31-28-41)57(49-33-34-50(42-18-6-2-7-19-42)51(38-49)43-20-8-3-9-21-43)53-25-14-26-54-56(53)52-36-45-23-12-13-24-46(45)37-55(52)58(54)48-32-29-40-17-10-11-22-44(40)35-48/h1-30,32-38,47H,31H2. The van der Waals surface area contributed by atoms with Gasteiger partial charge in [-0.05, 0) is 110 Å². The van der Waals surface area contributed by atoms with Crippen LogP contribution in [0.15, 0.2) is 224 Å². The lowest BCUT2D eigenvalue weighted by atomic mass is 9.92. The molecule has 1 aromatic heterocycles. The molecular formula is C56H40N2. The van der Waals surface area contributed by atoms with Gasteiger partial charge in [0.15, 0.2) is 0 Å². The molecule has 1 atom stereocenters. The molecule has 2 nitrogen and oxygen atoms in total. The van der Waals surface area contributed by atoms with Crippen LogP contribution in [-0.4, -0.2) is 10.6 Å². The van der Waals surface area contributed by atoms with E-state index in [1.165, 1.54) is 82.4 Å². The van der Waals surface area contributed by atoms with E-state index in [-0.39, 0.29) is 6.04 Å². The average molecular weight is 741 g/mol. The van der Waals surface area contributed by atoms with Crippen LogP contribution in [0.1, 0.15) is 12.0 Å². The molecule has 0 amide bonds. The Labute approximate surface area is 338 Å². The van der Waals surface area contributed by atoms with Crippen LogP contribution >= 0.6 is 0 Å². The predicted octanol–water partition coefficient (Wildman–Crippen LogP) is 15.0. The van der Waals surface area contributed by atoms with Gasteiger partial charge in [-0.1, -0.05) is 176 Å². The summed E-state index contributed by atoms with van der Waals surface area (Å²) in [5.74, 6) is 0. The monoisotopic (exact) mass is 740 g/mol. The second-order valence-electron chi connectivity index (χ2n) is 15.3. The molecule has 0 spiro atoms. The molecule has 0 aliphatic heterocycles. The summed E-state index contributed by atoms with van der Waals surface area (Å²) in [4.78, 5) is 2.59. The summed E-state index contributed by atoms with van der Waals surface area (Å²) in [7, 11) is 0. The zero-order valence-electron chi connectivity index (χ0n) is 32.0. The van der Waals surface area contributed by atoms with E-state index in [0.717, 1.165) is 17.8 Å². The third kappa shape index (κ3) is 5.90. The van der Waals surface area contributed by atoms with Gasteiger partial charge in [0.25, 0.3) is 0 Å². The second kappa shape index (κ2) is 14.3. The third-order valence-corrected chi connectivity index (χ3v) is 11.9. The van der Waals surface area contributed by atoms with Gasteiger partial charge in [-0.2, -0.15) is 0 Å². The van der Waals surface area contributed by atoms with Crippen LogP contribution in [0.2, 0.25) is 0 Å². The van der Waals surface area contributed by atoms with Crippen LogP contribution in [0.3, 0.4) is 0 Å². The van der Waals surface area contributed by atoms with Crippen LogP contribution in [0, 0.1) is 0 Å². The van der Waals surface area contributed by atoms with E-state index in [9.17, 15) is 0 Å². The topological polar surface area (TPSA) is 8.17 Å². The summed E-state index contributed by atoms with van der Waals surface area (Å²) in [6.07, 6.45) is 8.01. The average Bonchev–Trinajstić information content (AvgIpc) is 3.63. The van der Waals surface area contributed by atoms with Crippen LogP contribution in [0.25, 0.3) is 76.9 Å². The number of aromatic nitrogens is 1. The molecular weight excluding hydrogens is 701 g/mol. The Morgan fingerprint density at radius 3 is 1.76 bits per heavy atom. The van der Waals surface area contributed by atoms with Crippen LogP contribution in [-0.2, 0) is 0 Å². The zero-order valence-corrected chi connectivity index (χ0v) is 32.0. The number of allylic oxidation sites excluding steroid dienone is 2.